The number of benzene rings is 1. The van der Waals surface area contributed by atoms with E-state index in [1.165, 1.54) is 0 Å². The van der Waals surface area contributed by atoms with Crippen molar-refractivity contribution < 1.29 is 19.4 Å². The number of hydrogen-bond acceptors (Lipinski definition) is 4. The molecule has 1 aromatic heterocycles. The molecule has 1 atom stereocenters. The molecule has 1 aromatic carbocycles. The number of aliphatic carboxylic acids is 1. The van der Waals surface area contributed by atoms with Crippen molar-refractivity contribution in [3.8, 4) is 0 Å². The van der Waals surface area contributed by atoms with Gasteiger partial charge in [-0.1, -0.05) is 30.7 Å². The van der Waals surface area contributed by atoms with Gasteiger partial charge in [0.05, 0.1) is 6.04 Å². The summed E-state index contributed by atoms with van der Waals surface area (Å²) in [5.74, 6) is -1.66. The molecule has 2 N–H and O–H groups in total. The molecule has 1 fully saturated rings. The summed E-state index contributed by atoms with van der Waals surface area (Å²) in [6, 6.07) is 8.23. The molecule has 1 aliphatic heterocycles. The number of nitrogens with one attached hydrogen (secondary N) is 1. The summed E-state index contributed by atoms with van der Waals surface area (Å²) in [4.78, 5) is 24.8. The van der Waals surface area contributed by atoms with Crippen molar-refractivity contribution in [2.75, 3.05) is 13.2 Å². The fraction of sp³-hybridized carbons (Fsp3) is 0.421. The number of carboxylic acid groups (broad SMARTS) is 1. The molecule has 144 valence electrons. The Morgan fingerprint density at radius 2 is 1.96 bits per heavy atom. The lowest BCUT2D eigenvalue weighted by Gasteiger charge is -2.29. The molecule has 0 spiro atoms. The third kappa shape index (κ3) is 3.99. The molecule has 1 saturated heterocycles. The highest BCUT2D eigenvalue weighted by molar-refractivity contribution is 6.30. The van der Waals surface area contributed by atoms with Crippen LogP contribution in [0.1, 0.15) is 48.3 Å². The maximum Gasteiger partial charge on any atom is 0.334 e. The number of ether oxygens (including phenoxy) is 1. The quantitative estimate of drug-likeness (QED) is 0.789. The topological polar surface area (TPSA) is 93.5 Å². The highest BCUT2D eigenvalue weighted by atomic mass is 35.5. The van der Waals surface area contributed by atoms with Crippen molar-refractivity contribution in [2.45, 2.75) is 37.8 Å². The van der Waals surface area contributed by atoms with Gasteiger partial charge in [0.1, 0.15) is 5.69 Å². The van der Waals surface area contributed by atoms with E-state index < -0.39 is 17.4 Å². The van der Waals surface area contributed by atoms with Crippen LogP contribution in [0, 0.1) is 0 Å². The molecule has 0 saturated carbocycles. The molecule has 2 aromatic rings. The summed E-state index contributed by atoms with van der Waals surface area (Å²) in [7, 11) is 0. The smallest absolute Gasteiger partial charge is 0.334 e. The zero-order chi connectivity index (χ0) is 19.4. The number of hydrogen-bond donors (Lipinski definition) is 2. The number of amides is 1. The fourth-order valence-corrected chi connectivity index (χ4v) is 3.42. The van der Waals surface area contributed by atoms with Crippen LogP contribution >= 0.6 is 11.6 Å². The number of carboxylic acids is 1. The van der Waals surface area contributed by atoms with Gasteiger partial charge in [-0.05, 0) is 43.0 Å². The number of rotatable bonds is 6. The van der Waals surface area contributed by atoms with Gasteiger partial charge in [0.2, 0.25) is 0 Å². The van der Waals surface area contributed by atoms with E-state index >= 15 is 0 Å². The monoisotopic (exact) mass is 391 g/mol. The first kappa shape index (κ1) is 19.4. The maximum atomic E-state index is 12.8. The molecule has 0 bridgehead atoms. The Morgan fingerprint density at radius 3 is 2.56 bits per heavy atom. The molecule has 27 heavy (non-hydrogen) atoms. The van der Waals surface area contributed by atoms with E-state index in [0.29, 0.717) is 23.8 Å². The summed E-state index contributed by atoms with van der Waals surface area (Å²) >= 11 is 5.91. The van der Waals surface area contributed by atoms with Gasteiger partial charge < -0.3 is 15.2 Å². The first-order valence-electron chi connectivity index (χ1n) is 8.91. The first-order chi connectivity index (χ1) is 13.0. The molecular weight excluding hydrogens is 370 g/mol. The number of carbonyl (C=O) groups is 2. The Balaban J connectivity index is 1.83. The van der Waals surface area contributed by atoms with E-state index in [1.807, 2.05) is 0 Å². The van der Waals surface area contributed by atoms with E-state index in [0.717, 1.165) is 12.8 Å². The van der Waals surface area contributed by atoms with Crippen molar-refractivity contribution >= 4 is 23.5 Å². The normalized spacial score (nSPS) is 17.3. The van der Waals surface area contributed by atoms with Crippen LogP contribution in [0.2, 0.25) is 5.02 Å². The predicted octanol–water partition coefficient (Wildman–Crippen LogP) is 3.01. The molecule has 3 rings (SSSR count). The average Bonchev–Trinajstić information content (AvgIpc) is 3.17. The van der Waals surface area contributed by atoms with Crippen molar-refractivity contribution in [3.63, 3.8) is 0 Å². The van der Waals surface area contributed by atoms with E-state index in [1.54, 1.807) is 48.1 Å². The van der Waals surface area contributed by atoms with Gasteiger partial charge in [-0.3, -0.25) is 9.48 Å². The SMILES string of the molecule is CCC(NC(=O)c1ccn(C2CCOCC2)n1)(C(=O)O)c1ccc(Cl)cc1. The van der Waals surface area contributed by atoms with Crippen LogP contribution in [0.25, 0.3) is 0 Å². The second-order valence-electron chi connectivity index (χ2n) is 6.55. The van der Waals surface area contributed by atoms with Crippen molar-refractivity contribution in [2.24, 2.45) is 0 Å². The molecule has 1 amide bonds. The zero-order valence-electron chi connectivity index (χ0n) is 15.0. The molecule has 0 aliphatic carbocycles. The van der Waals surface area contributed by atoms with Crippen LogP contribution in [0.15, 0.2) is 36.5 Å². The number of carbonyl (C=O) groups excluding carboxylic acids is 1. The lowest BCUT2D eigenvalue weighted by Crippen LogP contribution is -2.51. The van der Waals surface area contributed by atoms with Crippen LogP contribution in [0.3, 0.4) is 0 Å². The van der Waals surface area contributed by atoms with Gasteiger partial charge in [0.25, 0.3) is 5.91 Å². The Bertz CT molecular complexity index is 815. The summed E-state index contributed by atoms with van der Waals surface area (Å²) in [5, 5.41) is 17.4. The summed E-state index contributed by atoms with van der Waals surface area (Å²) in [6.07, 6.45) is 3.60. The lowest BCUT2D eigenvalue weighted by molar-refractivity contribution is -0.145. The third-order valence-electron chi connectivity index (χ3n) is 4.97. The fourth-order valence-electron chi connectivity index (χ4n) is 3.30. The average molecular weight is 392 g/mol. The van der Waals surface area contributed by atoms with Gasteiger partial charge in [0.15, 0.2) is 5.54 Å². The maximum absolute atomic E-state index is 12.8. The van der Waals surface area contributed by atoms with Crippen molar-refractivity contribution in [1.29, 1.82) is 0 Å². The summed E-state index contributed by atoms with van der Waals surface area (Å²) in [5.41, 5.74) is -0.905. The minimum absolute atomic E-state index is 0.177. The zero-order valence-corrected chi connectivity index (χ0v) is 15.8. The Labute approximate surface area is 162 Å². The van der Waals surface area contributed by atoms with Gasteiger partial charge in [-0.2, -0.15) is 5.10 Å². The molecule has 1 aliphatic rings. The van der Waals surface area contributed by atoms with Crippen LogP contribution < -0.4 is 5.32 Å². The molecule has 2 heterocycles. The standard InChI is InChI=1S/C19H22ClN3O4/c1-2-19(18(25)26,13-3-5-14(20)6-4-13)21-17(24)16-7-10-23(22-16)15-8-11-27-12-9-15/h3-7,10,15H,2,8-9,11-12H2,1H3,(H,21,24)(H,25,26). The third-order valence-corrected chi connectivity index (χ3v) is 5.22. The van der Waals surface area contributed by atoms with Gasteiger partial charge in [-0.25, -0.2) is 4.79 Å². The minimum Gasteiger partial charge on any atom is -0.479 e. The number of halogens is 1. The number of aromatic nitrogens is 2. The Morgan fingerprint density at radius 1 is 1.30 bits per heavy atom. The highest BCUT2D eigenvalue weighted by Crippen LogP contribution is 2.28. The molecule has 0 radical (unpaired) electrons. The lowest BCUT2D eigenvalue weighted by atomic mass is 9.87. The molecule has 1 unspecified atom stereocenters. The molecule has 7 nitrogen and oxygen atoms in total. The van der Waals surface area contributed by atoms with E-state index in [-0.39, 0.29) is 18.2 Å². The molecular formula is C19H22ClN3O4. The van der Waals surface area contributed by atoms with Crippen LogP contribution in [0.4, 0.5) is 0 Å². The Kier molecular flexibility index (Phi) is 5.82. The minimum atomic E-state index is -1.55. The van der Waals surface area contributed by atoms with Crippen LogP contribution in [-0.4, -0.2) is 40.0 Å². The van der Waals surface area contributed by atoms with E-state index in [2.05, 4.69) is 10.4 Å². The van der Waals surface area contributed by atoms with Crippen LogP contribution in [0.5, 0.6) is 0 Å². The Hall–Kier alpha value is -2.38. The van der Waals surface area contributed by atoms with Crippen LogP contribution in [-0.2, 0) is 15.1 Å². The van der Waals surface area contributed by atoms with Gasteiger partial charge in [-0.15, -0.1) is 0 Å². The van der Waals surface area contributed by atoms with Gasteiger partial charge in [0, 0.05) is 24.4 Å². The van der Waals surface area contributed by atoms with Crippen molar-refractivity contribution in [1.82, 2.24) is 15.1 Å². The molecule has 8 heteroatoms. The van der Waals surface area contributed by atoms with E-state index in [4.69, 9.17) is 16.3 Å². The summed E-state index contributed by atoms with van der Waals surface area (Å²) < 4.78 is 7.10. The second kappa shape index (κ2) is 8.10. The number of nitrogens with zero attached hydrogens (tertiary/aromatic N) is 2. The predicted molar refractivity (Wildman–Crippen MR) is 99.8 cm³/mol. The van der Waals surface area contributed by atoms with Gasteiger partial charge >= 0.3 is 5.97 Å². The highest BCUT2D eigenvalue weighted by Gasteiger charge is 2.41. The van der Waals surface area contributed by atoms with E-state index in [9.17, 15) is 14.7 Å². The van der Waals surface area contributed by atoms with Crippen molar-refractivity contribution in [3.05, 3.63) is 52.8 Å². The first-order valence-corrected chi connectivity index (χ1v) is 9.29. The second-order valence-corrected chi connectivity index (χ2v) is 6.99. The summed E-state index contributed by atoms with van der Waals surface area (Å²) in [6.45, 7) is 3.05. The largest absolute Gasteiger partial charge is 0.479 e.